The molecule has 2 N–H and O–H groups in total. The molecule has 8 heteroatoms. The minimum atomic E-state index is -0.784. The van der Waals surface area contributed by atoms with E-state index in [0.717, 1.165) is 27.8 Å². The van der Waals surface area contributed by atoms with Gasteiger partial charge in [-0.2, -0.15) is 0 Å². The predicted octanol–water partition coefficient (Wildman–Crippen LogP) is 4.94. The Morgan fingerprint density at radius 3 is 2.44 bits per heavy atom. The second-order valence-electron chi connectivity index (χ2n) is 9.34. The van der Waals surface area contributed by atoms with Gasteiger partial charge in [-0.3, -0.25) is 9.59 Å². The van der Waals surface area contributed by atoms with Gasteiger partial charge in [-0.15, -0.1) is 0 Å². The van der Waals surface area contributed by atoms with Crippen molar-refractivity contribution in [2.45, 2.75) is 18.9 Å². The number of Topliss-reactive ketones (excluding diaryl/α,β-unsaturated/α-hetero) is 1. The molecule has 200 valence electrons. The second kappa shape index (κ2) is 10.9. The first-order chi connectivity index (χ1) is 18.9. The van der Waals surface area contributed by atoms with E-state index in [0.29, 0.717) is 23.5 Å². The molecule has 5 rings (SSSR count). The number of methoxy groups -OCH3 is 3. The fraction of sp³-hybridized carbons (Fsp3) is 0.226. The highest BCUT2D eigenvalue weighted by Gasteiger charge is 2.43. The van der Waals surface area contributed by atoms with Crippen LogP contribution in [-0.4, -0.2) is 54.6 Å². The lowest BCUT2D eigenvalue weighted by Crippen LogP contribution is -2.33. The zero-order valence-corrected chi connectivity index (χ0v) is 22.1. The maximum atomic E-state index is 13.6. The third-order valence-corrected chi connectivity index (χ3v) is 7.13. The molecule has 0 bridgehead atoms. The lowest BCUT2D eigenvalue weighted by molar-refractivity contribution is -0.129. The van der Waals surface area contributed by atoms with E-state index >= 15 is 0 Å². The summed E-state index contributed by atoms with van der Waals surface area (Å²) in [6.45, 7) is 0.272. The van der Waals surface area contributed by atoms with Gasteiger partial charge in [-0.1, -0.05) is 36.4 Å². The lowest BCUT2D eigenvalue weighted by atomic mass is 9.92. The highest BCUT2D eigenvalue weighted by atomic mass is 16.5. The zero-order chi connectivity index (χ0) is 27.5. The summed E-state index contributed by atoms with van der Waals surface area (Å²) in [5, 5.41) is 12.0. The lowest BCUT2D eigenvalue weighted by Gasteiger charge is -2.27. The fourth-order valence-corrected chi connectivity index (χ4v) is 5.15. The molecule has 1 aliphatic heterocycles. The summed E-state index contributed by atoms with van der Waals surface area (Å²) >= 11 is 0. The van der Waals surface area contributed by atoms with Gasteiger partial charge in [0.25, 0.3) is 5.91 Å². The Hall–Kier alpha value is -4.72. The van der Waals surface area contributed by atoms with Crippen LogP contribution in [0, 0.1) is 0 Å². The van der Waals surface area contributed by atoms with Crippen molar-refractivity contribution in [2.24, 2.45) is 0 Å². The number of aliphatic hydroxyl groups excluding tert-OH is 1. The number of fused-ring (bicyclic) bond motifs is 1. The number of aromatic amines is 1. The molecule has 8 nitrogen and oxygen atoms in total. The first kappa shape index (κ1) is 25.9. The van der Waals surface area contributed by atoms with Crippen LogP contribution < -0.4 is 14.2 Å². The molecule has 0 saturated heterocycles. The molecule has 1 aliphatic rings. The number of hydrogen-bond donors (Lipinski definition) is 2. The summed E-state index contributed by atoms with van der Waals surface area (Å²) < 4.78 is 16.3. The van der Waals surface area contributed by atoms with E-state index in [2.05, 4.69) is 4.98 Å². The van der Waals surface area contributed by atoms with Gasteiger partial charge >= 0.3 is 0 Å². The van der Waals surface area contributed by atoms with Crippen LogP contribution in [0.2, 0.25) is 0 Å². The van der Waals surface area contributed by atoms with Crippen molar-refractivity contribution in [2.75, 3.05) is 27.9 Å². The Labute approximate surface area is 226 Å². The average Bonchev–Trinajstić information content (AvgIpc) is 3.49. The first-order valence-electron chi connectivity index (χ1n) is 12.6. The Morgan fingerprint density at radius 2 is 1.72 bits per heavy atom. The van der Waals surface area contributed by atoms with Crippen molar-refractivity contribution in [1.82, 2.24) is 9.88 Å². The Bertz CT molecular complexity index is 1560. The molecule has 39 heavy (non-hydrogen) atoms. The summed E-state index contributed by atoms with van der Waals surface area (Å²) in [4.78, 5) is 31.8. The third-order valence-electron chi connectivity index (χ3n) is 7.13. The average molecular weight is 527 g/mol. The van der Waals surface area contributed by atoms with Crippen molar-refractivity contribution in [3.63, 3.8) is 0 Å². The molecule has 0 spiro atoms. The number of carbonyl (C=O) groups excluding carboxylic acids is 2. The van der Waals surface area contributed by atoms with Crippen molar-refractivity contribution in [3.8, 4) is 17.2 Å². The highest BCUT2D eigenvalue weighted by Crippen LogP contribution is 2.41. The van der Waals surface area contributed by atoms with Gasteiger partial charge in [0.1, 0.15) is 5.75 Å². The van der Waals surface area contributed by atoms with E-state index in [1.165, 1.54) is 7.11 Å². The maximum absolute atomic E-state index is 13.6. The molecule has 1 aromatic heterocycles. The summed E-state index contributed by atoms with van der Waals surface area (Å²) in [5.74, 6) is 0.311. The quantitative estimate of drug-likeness (QED) is 0.304. The van der Waals surface area contributed by atoms with Crippen LogP contribution in [0.4, 0.5) is 0 Å². The smallest absolute Gasteiger partial charge is 0.290 e. The summed E-state index contributed by atoms with van der Waals surface area (Å²) in [6, 6.07) is 19.5. The first-order valence-corrected chi connectivity index (χ1v) is 12.6. The number of ketones is 1. The number of ether oxygens (including phenoxy) is 3. The maximum Gasteiger partial charge on any atom is 0.290 e. The van der Waals surface area contributed by atoms with E-state index in [1.54, 1.807) is 37.3 Å². The summed E-state index contributed by atoms with van der Waals surface area (Å²) in [6.07, 6.45) is 2.47. The number of carbonyl (C=O) groups is 2. The predicted molar refractivity (Wildman–Crippen MR) is 147 cm³/mol. The number of amides is 1. The van der Waals surface area contributed by atoms with Crippen LogP contribution in [0.1, 0.15) is 22.7 Å². The molecule has 4 aromatic rings. The number of benzene rings is 3. The van der Waals surface area contributed by atoms with Crippen LogP contribution in [-0.2, 0) is 22.4 Å². The van der Waals surface area contributed by atoms with Crippen molar-refractivity contribution < 1.29 is 28.9 Å². The van der Waals surface area contributed by atoms with Crippen molar-refractivity contribution >= 4 is 22.6 Å². The molecular weight excluding hydrogens is 496 g/mol. The molecule has 0 radical (unpaired) electrons. The second-order valence-corrected chi connectivity index (χ2v) is 9.34. The Kier molecular flexibility index (Phi) is 7.27. The molecule has 0 saturated carbocycles. The molecular formula is C31H30N2O6. The van der Waals surface area contributed by atoms with E-state index < -0.39 is 17.7 Å². The number of H-pyrrole nitrogens is 1. The molecule has 0 fully saturated rings. The standard InChI is InChI=1S/C31H30N2O6/c1-37-22-10-11-24-23(17-22)21(18-32-24)13-14-33-29(20-9-12-26(38-2)27(16-20)39-3)28(30(35)31(33)36)25(34)15-19-7-5-4-6-8-19/h4-12,16-18,29,32,35H,13-15H2,1-3H3/t29-/m1/s1. The topological polar surface area (TPSA) is 101 Å². The fourth-order valence-electron chi connectivity index (χ4n) is 5.15. The number of hydrogen-bond acceptors (Lipinski definition) is 6. The van der Waals surface area contributed by atoms with E-state index in [4.69, 9.17) is 14.2 Å². The molecule has 1 amide bonds. The van der Waals surface area contributed by atoms with Gasteiger partial charge < -0.3 is 29.2 Å². The van der Waals surface area contributed by atoms with Crippen LogP contribution >= 0.6 is 0 Å². The number of rotatable bonds is 10. The van der Waals surface area contributed by atoms with Gasteiger partial charge in [0.05, 0.1) is 32.9 Å². The van der Waals surface area contributed by atoms with Crippen LogP contribution in [0.5, 0.6) is 17.2 Å². The van der Waals surface area contributed by atoms with Crippen LogP contribution in [0.15, 0.2) is 84.3 Å². The third kappa shape index (κ3) is 4.93. The van der Waals surface area contributed by atoms with Crippen LogP contribution in [0.25, 0.3) is 10.9 Å². The van der Waals surface area contributed by atoms with Crippen LogP contribution in [0.3, 0.4) is 0 Å². The molecule has 0 unspecified atom stereocenters. The van der Waals surface area contributed by atoms with E-state index in [-0.39, 0.29) is 24.3 Å². The summed E-state index contributed by atoms with van der Waals surface area (Å²) in [7, 11) is 4.69. The largest absolute Gasteiger partial charge is 0.503 e. The van der Waals surface area contributed by atoms with Gasteiger partial charge in [0, 0.05) is 30.1 Å². The number of nitrogens with zero attached hydrogens (tertiary/aromatic N) is 1. The molecule has 0 aliphatic carbocycles. The molecule has 2 heterocycles. The van der Waals surface area contributed by atoms with Gasteiger partial charge in [-0.25, -0.2) is 0 Å². The molecule has 1 atom stereocenters. The zero-order valence-electron chi connectivity index (χ0n) is 22.1. The van der Waals surface area contributed by atoms with Gasteiger partial charge in [0.15, 0.2) is 23.0 Å². The normalized spacial score (nSPS) is 15.2. The van der Waals surface area contributed by atoms with Gasteiger partial charge in [-0.05, 0) is 53.4 Å². The Morgan fingerprint density at radius 1 is 0.949 bits per heavy atom. The SMILES string of the molecule is COc1ccc2[nH]cc(CCN3C(=O)C(O)=C(C(=O)Cc4ccccc4)[C@H]3c3ccc(OC)c(OC)c3)c2c1. The minimum absolute atomic E-state index is 0.0629. The number of nitrogens with one attached hydrogen (secondary N) is 1. The van der Waals surface area contributed by atoms with Crippen molar-refractivity contribution in [1.29, 1.82) is 0 Å². The van der Waals surface area contributed by atoms with E-state index in [9.17, 15) is 14.7 Å². The van der Waals surface area contributed by atoms with E-state index in [1.807, 2.05) is 54.7 Å². The monoisotopic (exact) mass is 526 g/mol. The highest BCUT2D eigenvalue weighted by molar-refractivity contribution is 6.09. The minimum Gasteiger partial charge on any atom is -0.503 e. The Balaban J connectivity index is 1.51. The van der Waals surface area contributed by atoms with Gasteiger partial charge in [0.2, 0.25) is 0 Å². The summed E-state index contributed by atoms with van der Waals surface area (Å²) in [5.41, 5.74) is 3.47. The molecule has 3 aromatic carbocycles. The number of aromatic nitrogens is 1. The number of aliphatic hydroxyl groups is 1. The van der Waals surface area contributed by atoms with Crippen molar-refractivity contribution in [3.05, 3.63) is 101 Å².